The van der Waals surface area contributed by atoms with E-state index in [2.05, 4.69) is 12.2 Å². The SMILES string of the molecule is CC(/C=C/[C@H]1O[C@H](CC(=O)OC(C)(C)C)C[C@@](O)(CCl)[C@@H]1O)=C\C[C@@H]1O[C@H](C)[C@H](NC(=O)/C=C\[C@H](C)OC(=O)C(C)C)C[C@@H]1C. The van der Waals surface area contributed by atoms with E-state index < -0.39 is 41.6 Å². The summed E-state index contributed by atoms with van der Waals surface area (Å²) in [6.45, 7) is 16.5. The minimum atomic E-state index is -1.61. The van der Waals surface area contributed by atoms with Gasteiger partial charge in [0.2, 0.25) is 5.91 Å². The van der Waals surface area contributed by atoms with E-state index in [0.717, 1.165) is 12.0 Å². The Morgan fingerprint density at radius 1 is 1.13 bits per heavy atom. The Morgan fingerprint density at radius 3 is 2.40 bits per heavy atom. The molecule has 3 N–H and O–H groups in total. The number of nitrogens with one attached hydrogen (secondary N) is 1. The lowest BCUT2D eigenvalue weighted by molar-refractivity contribution is -0.199. The number of hydrogen-bond donors (Lipinski definition) is 3. The molecule has 0 aromatic heterocycles. The molecule has 10 nitrogen and oxygen atoms in total. The Labute approximate surface area is 273 Å². The molecular formula is C34H54ClNO9. The van der Waals surface area contributed by atoms with Crippen molar-refractivity contribution in [3.63, 3.8) is 0 Å². The summed E-state index contributed by atoms with van der Waals surface area (Å²) in [4.78, 5) is 36.6. The summed E-state index contributed by atoms with van der Waals surface area (Å²) in [7, 11) is 0. The van der Waals surface area contributed by atoms with E-state index >= 15 is 0 Å². The van der Waals surface area contributed by atoms with Crippen LogP contribution in [0.5, 0.6) is 0 Å². The third-order valence-electron chi connectivity index (χ3n) is 7.90. The molecule has 2 rings (SSSR count). The topological polar surface area (TPSA) is 141 Å². The average molecular weight is 656 g/mol. The lowest BCUT2D eigenvalue weighted by atomic mass is 9.84. The van der Waals surface area contributed by atoms with Crippen LogP contribution in [0.1, 0.15) is 88.0 Å². The number of alkyl halides is 1. The van der Waals surface area contributed by atoms with E-state index in [4.69, 9.17) is 30.5 Å². The summed E-state index contributed by atoms with van der Waals surface area (Å²) in [5.74, 6) is -1.31. The molecule has 2 saturated heterocycles. The van der Waals surface area contributed by atoms with Gasteiger partial charge in [0, 0.05) is 12.5 Å². The largest absolute Gasteiger partial charge is 0.460 e. The van der Waals surface area contributed by atoms with Gasteiger partial charge in [0.25, 0.3) is 0 Å². The molecule has 2 fully saturated rings. The van der Waals surface area contributed by atoms with E-state index in [1.165, 1.54) is 6.08 Å². The van der Waals surface area contributed by atoms with Crippen LogP contribution in [0.4, 0.5) is 0 Å². The zero-order chi connectivity index (χ0) is 34.1. The summed E-state index contributed by atoms with van der Waals surface area (Å²) in [6, 6.07) is -0.161. The quantitative estimate of drug-likeness (QED) is 0.120. The van der Waals surface area contributed by atoms with Gasteiger partial charge in [-0.3, -0.25) is 14.4 Å². The van der Waals surface area contributed by atoms with Crippen LogP contribution in [0, 0.1) is 11.8 Å². The maximum atomic E-state index is 12.5. The van der Waals surface area contributed by atoms with E-state index in [1.54, 1.807) is 53.7 Å². The highest BCUT2D eigenvalue weighted by molar-refractivity contribution is 6.18. The Hall–Kier alpha value is -2.24. The number of hydrogen-bond acceptors (Lipinski definition) is 9. The fourth-order valence-corrected chi connectivity index (χ4v) is 5.55. The average Bonchev–Trinajstić information content (AvgIpc) is 2.92. The number of aliphatic hydroxyl groups excluding tert-OH is 1. The molecule has 45 heavy (non-hydrogen) atoms. The van der Waals surface area contributed by atoms with Crippen molar-refractivity contribution in [1.29, 1.82) is 0 Å². The van der Waals surface area contributed by atoms with E-state index in [0.29, 0.717) is 6.42 Å². The van der Waals surface area contributed by atoms with E-state index in [1.807, 2.05) is 26.0 Å². The van der Waals surface area contributed by atoms with Crippen LogP contribution in [-0.2, 0) is 33.3 Å². The number of carbonyl (C=O) groups is 3. The number of amides is 1. The van der Waals surface area contributed by atoms with Crippen molar-refractivity contribution in [3.8, 4) is 0 Å². The van der Waals surface area contributed by atoms with Crippen molar-refractivity contribution in [2.24, 2.45) is 11.8 Å². The zero-order valence-corrected chi connectivity index (χ0v) is 29.0. The number of allylic oxidation sites excluding steroid dienone is 2. The van der Waals surface area contributed by atoms with Crippen molar-refractivity contribution in [2.75, 3.05) is 5.88 Å². The molecule has 0 bridgehead atoms. The fraction of sp³-hybridized carbons (Fsp3) is 0.735. The molecule has 0 aliphatic carbocycles. The van der Waals surface area contributed by atoms with E-state index in [-0.39, 0.29) is 60.7 Å². The maximum absolute atomic E-state index is 12.5. The predicted octanol–water partition coefficient (Wildman–Crippen LogP) is 4.54. The normalized spacial score (nSPS) is 32.1. The number of carbonyl (C=O) groups excluding carboxylic acids is 3. The molecule has 9 atom stereocenters. The van der Waals surface area contributed by atoms with Gasteiger partial charge in [0.05, 0.1) is 42.6 Å². The monoisotopic (exact) mass is 655 g/mol. The highest BCUT2D eigenvalue weighted by atomic mass is 35.5. The van der Waals surface area contributed by atoms with Crippen LogP contribution >= 0.6 is 11.6 Å². The number of rotatable bonds is 12. The van der Waals surface area contributed by atoms with Crippen LogP contribution in [0.15, 0.2) is 36.0 Å². The van der Waals surface area contributed by atoms with Gasteiger partial charge in [-0.05, 0) is 66.4 Å². The first-order chi connectivity index (χ1) is 20.8. The zero-order valence-electron chi connectivity index (χ0n) is 28.2. The van der Waals surface area contributed by atoms with Crippen molar-refractivity contribution in [1.82, 2.24) is 5.32 Å². The number of aliphatic hydroxyl groups is 2. The van der Waals surface area contributed by atoms with Gasteiger partial charge in [-0.15, -0.1) is 11.6 Å². The van der Waals surface area contributed by atoms with Gasteiger partial charge in [-0.25, -0.2) is 0 Å². The molecule has 0 unspecified atom stereocenters. The minimum Gasteiger partial charge on any atom is -0.460 e. The lowest BCUT2D eigenvalue weighted by Gasteiger charge is -2.43. The molecule has 0 saturated carbocycles. The second-order valence-corrected chi connectivity index (χ2v) is 14.1. The molecule has 1 amide bonds. The predicted molar refractivity (Wildman–Crippen MR) is 173 cm³/mol. The second kappa shape index (κ2) is 17.1. The first-order valence-corrected chi connectivity index (χ1v) is 16.4. The van der Waals surface area contributed by atoms with Crippen LogP contribution < -0.4 is 5.32 Å². The molecule has 256 valence electrons. The molecule has 2 heterocycles. The molecule has 0 spiro atoms. The molecule has 0 radical (unpaired) electrons. The lowest BCUT2D eigenvalue weighted by Crippen LogP contribution is -2.58. The van der Waals surface area contributed by atoms with Gasteiger partial charge in [-0.1, -0.05) is 44.6 Å². The summed E-state index contributed by atoms with van der Waals surface area (Å²) >= 11 is 6.03. The summed E-state index contributed by atoms with van der Waals surface area (Å²) in [6.07, 6.45) is 6.22. The third-order valence-corrected chi connectivity index (χ3v) is 8.36. The van der Waals surface area contributed by atoms with Crippen molar-refractivity contribution in [2.45, 2.75) is 142 Å². The summed E-state index contributed by atoms with van der Waals surface area (Å²) in [5, 5.41) is 24.8. The Bertz CT molecular complexity index is 1100. The van der Waals surface area contributed by atoms with Crippen molar-refractivity contribution >= 4 is 29.4 Å². The van der Waals surface area contributed by atoms with Crippen molar-refractivity contribution in [3.05, 3.63) is 36.0 Å². The van der Waals surface area contributed by atoms with Gasteiger partial charge in [0.1, 0.15) is 29.5 Å². The molecule has 0 aromatic carbocycles. The molecular weight excluding hydrogens is 602 g/mol. The fourth-order valence-electron chi connectivity index (χ4n) is 5.28. The Balaban J connectivity index is 1.94. The van der Waals surface area contributed by atoms with Gasteiger partial charge >= 0.3 is 11.9 Å². The summed E-state index contributed by atoms with van der Waals surface area (Å²) < 4.78 is 22.9. The van der Waals surface area contributed by atoms with Crippen LogP contribution in [0.3, 0.4) is 0 Å². The molecule has 0 aromatic rings. The molecule has 2 aliphatic heterocycles. The summed E-state index contributed by atoms with van der Waals surface area (Å²) in [5.41, 5.74) is -1.35. The van der Waals surface area contributed by atoms with Gasteiger partial charge < -0.3 is 34.5 Å². The first-order valence-electron chi connectivity index (χ1n) is 15.9. The third kappa shape index (κ3) is 12.8. The van der Waals surface area contributed by atoms with E-state index in [9.17, 15) is 24.6 Å². The first kappa shape index (κ1) is 38.9. The number of halogens is 1. The second-order valence-electron chi connectivity index (χ2n) is 13.8. The van der Waals surface area contributed by atoms with Crippen molar-refractivity contribution < 1.29 is 43.5 Å². The molecule has 2 aliphatic rings. The highest BCUT2D eigenvalue weighted by Gasteiger charge is 2.47. The standard InChI is InChI=1S/C34H54ClNO9/c1-20(2)32(40)42-23(5)12-15-29(37)36-26-16-22(4)27(43-24(26)6)13-10-21(3)11-14-28-31(39)34(41,19-35)18-25(44-28)17-30(38)45-33(7,8)9/h10-12,14-15,20,22-28,31,39,41H,13,16-19H2,1-9H3,(H,36,37)/b14-11+,15-12-,21-10+/t22-,23-,24+,25+,26+,27-,28+,31+,34+/m0/s1. The van der Waals surface area contributed by atoms with Gasteiger partial charge in [0.15, 0.2) is 0 Å². The van der Waals surface area contributed by atoms with Gasteiger partial charge in [-0.2, -0.15) is 0 Å². The molecule has 11 heteroatoms. The van der Waals surface area contributed by atoms with Crippen LogP contribution in [-0.4, -0.2) is 87.8 Å². The highest BCUT2D eigenvalue weighted by Crippen LogP contribution is 2.33. The Morgan fingerprint density at radius 2 is 1.80 bits per heavy atom. The number of esters is 2. The Kier molecular flexibility index (Phi) is 14.8. The minimum absolute atomic E-state index is 0.00967. The van der Waals surface area contributed by atoms with Crippen LogP contribution in [0.25, 0.3) is 0 Å². The van der Waals surface area contributed by atoms with Crippen LogP contribution in [0.2, 0.25) is 0 Å². The maximum Gasteiger partial charge on any atom is 0.308 e. The number of ether oxygens (including phenoxy) is 4. The smallest absolute Gasteiger partial charge is 0.308 e.